The van der Waals surface area contributed by atoms with Crippen molar-refractivity contribution >= 4 is 0 Å². The standard InChI is InChI=1S/C17H25N3/c1-13(2)4-5-14(3)18-12-15-6-8-16(9-7-15)17-10-11-19-20-17/h6-11,13-14,18H,4-5,12H2,1-3H3,(H,19,20). The molecule has 3 heteroatoms. The van der Waals surface area contributed by atoms with Crippen LogP contribution in [-0.4, -0.2) is 16.2 Å². The summed E-state index contributed by atoms with van der Waals surface area (Å²) in [5, 5.41) is 10.6. The molecule has 0 radical (unpaired) electrons. The van der Waals surface area contributed by atoms with Crippen LogP contribution in [0.5, 0.6) is 0 Å². The Morgan fingerprint density at radius 1 is 1.05 bits per heavy atom. The molecular weight excluding hydrogens is 246 g/mol. The van der Waals surface area contributed by atoms with Crippen molar-refractivity contribution in [3.05, 3.63) is 42.1 Å². The van der Waals surface area contributed by atoms with Crippen molar-refractivity contribution in [2.75, 3.05) is 0 Å². The molecule has 0 fully saturated rings. The molecule has 108 valence electrons. The molecule has 2 rings (SSSR count). The molecule has 0 aliphatic carbocycles. The quantitative estimate of drug-likeness (QED) is 0.799. The van der Waals surface area contributed by atoms with Crippen molar-refractivity contribution in [3.63, 3.8) is 0 Å². The third-order valence-electron chi connectivity index (χ3n) is 3.60. The second kappa shape index (κ2) is 7.25. The Bertz CT molecular complexity index is 485. The molecule has 1 aromatic heterocycles. The van der Waals surface area contributed by atoms with Crippen LogP contribution in [0.15, 0.2) is 36.5 Å². The Labute approximate surface area is 121 Å². The second-order valence-corrected chi connectivity index (χ2v) is 5.92. The second-order valence-electron chi connectivity index (χ2n) is 5.92. The van der Waals surface area contributed by atoms with Gasteiger partial charge in [-0.15, -0.1) is 0 Å². The van der Waals surface area contributed by atoms with Crippen LogP contribution in [0.25, 0.3) is 11.3 Å². The first-order valence-corrected chi connectivity index (χ1v) is 7.47. The molecule has 0 bridgehead atoms. The molecule has 3 nitrogen and oxygen atoms in total. The Morgan fingerprint density at radius 3 is 2.40 bits per heavy atom. The molecule has 0 saturated carbocycles. The molecule has 0 aliphatic heterocycles. The van der Waals surface area contributed by atoms with Crippen molar-refractivity contribution in [2.45, 2.75) is 46.2 Å². The summed E-state index contributed by atoms with van der Waals surface area (Å²) in [7, 11) is 0. The van der Waals surface area contributed by atoms with Gasteiger partial charge in [0.1, 0.15) is 0 Å². The van der Waals surface area contributed by atoms with Crippen molar-refractivity contribution in [1.29, 1.82) is 0 Å². The monoisotopic (exact) mass is 271 g/mol. The number of aromatic amines is 1. The smallest absolute Gasteiger partial charge is 0.0650 e. The molecule has 0 saturated heterocycles. The van der Waals surface area contributed by atoms with Crippen LogP contribution in [0.2, 0.25) is 0 Å². The Balaban J connectivity index is 1.82. The van der Waals surface area contributed by atoms with E-state index in [0.29, 0.717) is 6.04 Å². The third kappa shape index (κ3) is 4.49. The summed E-state index contributed by atoms with van der Waals surface area (Å²) in [4.78, 5) is 0. The number of H-pyrrole nitrogens is 1. The molecule has 0 spiro atoms. The SMILES string of the molecule is CC(C)CCC(C)NCc1ccc(-c2ccn[nH]2)cc1. The maximum Gasteiger partial charge on any atom is 0.0650 e. The number of hydrogen-bond donors (Lipinski definition) is 2. The van der Waals surface area contributed by atoms with Crippen LogP contribution in [-0.2, 0) is 6.54 Å². The van der Waals surface area contributed by atoms with Gasteiger partial charge in [0.15, 0.2) is 0 Å². The lowest BCUT2D eigenvalue weighted by atomic mass is 10.0. The lowest BCUT2D eigenvalue weighted by molar-refractivity contribution is 0.451. The van der Waals surface area contributed by atoms with Gasteiger partial charge in [0, 0.05) is 18.8 Å². The van der Waals surface area contributed by atoms with Crippen molar-refractivity contribution in [3.8, 4) is 11.3 Å². The third-order valence-corrected chi connectivity index (χ3v) is 3.60. The lowest BCUT2D eigenvalue weighted by Gasteiger charge is -2.15. The number of benzene rings is 1. The highest BCUT2D eigenvalue weighted by atomic mass is 15.1. The maximum absolute atomic E-state index is 3.98. The molecule has 20 heavy (non-hydrogen) atoms. The summed E-state index contributed by atoms with van der Waals surface area (Å²) in [6.07, 6.45) is 4.30. The highest BCUT2D eigenvalue weighted by molar-refractivity contribution is 5.58. The van der Waals surface area contributed by atoms with Gasteiger partial charge in [-0.1, -0.05) is 38.1 Å². The lowest BCUT2D eigenvalue weighted by Crippen LogP contribution is -2.25. The summed E-state index contributed by atoms with van der Waals surface area (Å²) in [5.74, 6) is 0.785. The summed E-state index contributed by atoms with van der Waals surface area (Å²) >= 11 is 0. The van der Waals surface area contributed by atoms with Crippen LogP contribution in [0.4, 0.5) is 0 Å². The van der Waals surface area contributed by atoms with Crippen LogP contribution in [0.3, 0.4) is 0 Å². The zero-order valence-electron chi connectivity index (χ0n) is 12.7. The molecule has 1 atom stereocenters. The largest absolute Gasteiger partial charge is 0.310 e. The van der Waals surface area contributed by atoms with Crippen molar-refractivity contribution < 1.29 is 0 Å². The van der Waals surface area contributed by atoms with E-state index >= 15 is 0 Å². The van der Waals surface area contributed by atoms with E-state index in [4.69, 9.17) is 0 Å². The van der Waals surface area contributed by atoms with E-state index in [9.17, 15) is 0 Å². The van der Waals surface area contributed by atoms with Gasteiger partial charge in [-0.05, 0) is 42.9 Å². The van der Waals surface area contributed by atoms with Gasteiger partial charge in [0.05, 0.1) is 5.69 Å². The van der Waals surface area contributed by atoms with Crippen LogP contribution >= 0.6 is 0 Å². The van der Waals surface area contributed by atoms with Crippen molar-refractivity contribution in [2.24, 2.45) is 5.92 Å². The molecule has 0 aliphatic rings. The van der Waals surface area contributed by atoms with Gasteiger partial charge in [0.25, 0.3) is 0 Å². The van der Waals surface area contributed by atoms with E-state index < -0.39 is 0 Å². The van der Waals surface area contributed by atoms with Gasteiger partial charge in [-0.25, -0.2) is 0 Å². The fourth-order valence-electron chi connectivity index (χ4n) is 2.20. The fraction of sp³-hybridized carbons (Fsp3) is 0.471. The summed E-state index contributed by atoms with van der Waals surface area (Å²) in [5.41, 5.74) is 3.57. The minimum absolute atomic E-state index is 0.574. The van der Waals surface area contributed by atoms with Crippen LogP contribution < -0.4 is 5.32 Å². The Morgan fingerprint density at radius 2 is 1.80 bits per heavy atom. The van der Waals surface area contributed by atoms with Gasteiger partial charge in [-0.3, -0.25) is 5.10 Å². The normalized spacial score (nSPS) is 12.8. The minimum Gasteiger partial charge on any atom is -0.310 e. The highest BCUT2D eigenvalue weighted by Crippen LogP contribution is 2.16. The van der Waals surface area contributed by atoms with E-state index in [0.717, 1.165) is 18.2 Å². The first-order chi connectivity index (χ1) is 9.65. The number of nitrogens with one attached hydrogen (secondary N) is 2. The van der Waals surface area contributed by atoms with Crippen molar-refractivity contribution in [1.82, 2.24) is 15.5 Å². The molecule has 2 N–H and O–H groups in total. The van der Waals surface area contributed by atoms with E-state index in [1.54, 1.807) is 6.20 Å². The number of nitrogens with zero attached hydrogens (tertiary/aromatic N) is 1. The number of hydrogen-bond acceptors (Lipinski definition) is 2. The van der Waals surface area contributed by atoms with Gasteiger partial charge >= 0.3 is 0 Å². The van der Waals surface area contributed by atoms with E-state index in [2.05, 4.69) is 60.6 Å². The molecular formula is C17H25N3. The summed E-state index contributed by atoms with van der Waals surface area (Å²) in [6.45, 7) is 7.76. The highest BCUT2D eigenvalue weighted by Gasteiger charge is 2.04. The predicted octanol–water partition coefficient (Wildman–Crippen LogP) is 3.99. The summed E-state index contributed by atoms with van der Waals surface area (Å²) < 4.78 is 0. The molecule has 1 unspecified atom stereocenters. The van der Waals surface area contributed by atoms with Gasteiger partial charge in [-0.2, -0.15) is 5.10 Å². The minimum atomic E-state index is 0.574. The molecule has 2 aromatic rings. The summed E-state index contributed by atoms with van der Waals surface area (Å²) in [6, 6.07) is 11.2. The van der Waals surface area contributed by atoms with E-state index in [1.807, 2.05) is 6.07 Å². The average molecular weight is 271 g/mol. The number of aromatic nitrogens is 2. The van der Waals surface area contributed by atoms with E-state index in [-0.39, 0.29) is 0 Å². The maximum atomic E-state index is 3.98. The predicted molar refractivity (Wildman–Crippen MR) is 84.4 cm³/mol. The molecule has 1 aromatic carbocycles. The van der Waals surface area contributed by atoms with Crippen LogP contribution in [0, 0.1) is 5.92 Å². The molecule has 0 amide bonds. The Hall–Kier alpha value is -1.61. The fourth-order valence-corrected chi connectivity index (χ4v) is 2.20. The average Bonchev–Trinajstić information content (AvgIpc) is 2.97. The van der Waals surface area contributed by atoms with Gasteiger partial charge in [0.2, 0.25) is 0 Å². The first kappa shape index (κ1) is 14.8. The zero-order chi connectivity index (χ0) is 14.4. The van der Waals surface area contributed by atoms with E-state index in [1.165, 1.54) is 24.0 Å². The Kier molecular flexibility index (Phi) is 5.36. The topological polar surface area (TPSA) is 40.7 Å². The number of rotatable bonds is 7. The molecule has 1 heterocycles. The van der Waals surface area contributed by atoms with Gasteiger partial charge < -0.3 is 5.32 Å². The van der Waals surface area contributed by atoms with Crippen LogP contribution in [0.1, 0.15) is 39.2 Å². The first-order valence-electron chi connectivity index (χ1n) is 7.47. The zero-order valence-corrected chi connectivity index (χ0v) is 12.7.